The summed E-state index contributed by atoms with van der Waals surface area (Å²) in [4.78, 5) is 0. The topological polar surface area (TPSA) is 30.5 Å². The summed E-state index contributed by atoms with van der Waals surface area (Å²) < 4.78 is 11.7. The second-order valence-corrected chi connectivity index (χ2v) is 7.15. The summed E-state index contributed by atoms with van der Waals surface area (Å²) in [5.41, 5.74) is 2.33. The first-order chi connectivity index (χ1) is 12.9. The molecule has 26 heavy (non-hydrogen) atoms. The molecule has 0 heterocycles. The lowest BCUT2D eigenvalue weighted by Crippen LogP contribution is -2.29. The maximum absolute atomic E-state index is 6.16. The van der Waals surface area contributed by atoms with Crippen LogP contribution in [0.1, 0.15) is 56.1 Å². The highest BCUT2D eigenvalue weighted by molar-refractivity contribution is 5.46. The van der Waals surface area contributed by atoms with Crippen LogP contribution < -0.4 is 14.8 Å². The van der Waals surface area contributed by atoms with Crippen LogP contribution in [0.15, 0.2) is 48.5 Å². The number of hydrogen-bond acceptors (Lipinski definition) is 3. The summed E-state index contributed by atoms with van der Waals surface area (Å²) in [6.45, 7) is 1.38. The molecular weight excluding hydrogens is 322 g/mol. The van der Waals surface area contributed by atoms with Crippen molar-refractivity contribution in [3.8, 4) is 11.5 Å². The first-order valence-electron chi connectivity index (χ1n) is 9.93. The first kappa shape index (κ1) is 18.8. The Morgan fingerprint density at radius 2 is 1.62 bits per heavy atom. The number of nitrogens with one attached hydrogen (secondary N) is 1. The minimum atomic E-state index is 0.553. The van der Waals surface area contributed by atoms with E-state index < -0.39 is 0 Å². The van der Waals surface area contributed by atoms with Crippen LogP contribution in [-0.4, -0.2) is 13.2 Å². The Morgan fingerprint density at radius 3 is 2.35 bits per heavy atom. The zero-order valence-corrected chi connectivity index (χ0v) is 15.9. The minimum absolute atomic E-state index is 0.553. The molecule has 0 spiro atoms. The van der Waals surface area contributed by atoms with Gasteiger partial charge in [-0.25, -0.2) is 0 Å². The van der Waals surface area contributed by atoms with Crippen LogP contribution in [0.3, 0.4) is 0 Å². The van der Waals surface area contributed by atoms with Crippen molar-refractivity contribution < 1.29 is 9.47 Å². The van der Waals surface area contributed by atoms with Crippen molar-refractivity contribution in [2.75, 3.05) is 7.11 Å². The summed E-state index contributed by atoms with van der Waals surface area (Å²) in [5.74, 6) is 1.66. The van der Waals surface area contributed by atoms with E-state index in [0.29, 0.717) is 12.6 Å². The van der Waals surface area contributed by atoms with Gasteiger partial charge in [-0.3, -0.25) is 0 Å². The van der Waals surface area contributed by atoms with Crippen LogP contribution in [-0.2, 0) is 13.2 Å². The summed E-state index contributed by atoms with van der Waals surface area (Å²) >= 11 is 0. The Kier molecular flexibility index (Phi) is 7.38. The Bertz CT molecular complexity index is 649. The third-order valence-corrected chi connectivity index (χ3v) is 5.19. The van der Waals surface area contributed by atoms with E-state index in [9.17, 15) is 0 Å². The van der Waals surface area contributed by atoms with Crippen LogP contribution in [0.25, 0.3) is 0 Å². The average molecular weight is 354 g/mol. The van der Waals surface area contributed by atoms with Gasteiger partial charge in [0.1, 0.15) is 6.61 Å². The van der Waals surface area contributed by atoms with Crippen LogP contribution in [0.2, 0.25) is 0 Å². The lowest BCUT2D eigenvalue weighted by atomic mass is 9.96. The molecule has 0 atom stereocenters. The molecule has 0 radical (unpaired) electrons. The summed E-state index contributed by atoms with van der Waals surface area (Å²) in [7, 11) is 1.71. The van der Waals surface area contributed by atoms with E-state index in [1.54, 1.807) is 7.11 Å². The molecule has 1 N–H and O–H groups in total. The molecule has 2 aromatic rings. The number of para-hydroxylation sites is 1. The Morgan fingerprint density at radius 1 is 0.885 bits per heavy atom. The van der Waals surface area contributed by atoms with Gasteiger partial charge in [0.15, 0.2) is 11.5 Å². The van der Waals surface area contributed by atoms with Crippen LogP contribution >= 0.6 is 0 Å². The molecule has 140 valence electrons. The maximum Gasteiger partial charge on any atom is 0.166 e. The van der Waals surface area contributed by atoms with Crippen molar-refractivity contribution in [3.05, 3.63) is 59.7 Å². The van der Waals surface area contributed by atoms with E-state index in [1.807, 2.05) is 30.3 Å². The minimum Gasteiger partial charge on any atom is -0.493 e. The van der Waals surface area contributed by atoms with E-state index in [4.69, 9.17) is 9.47 Å². The van der Waals surface area contributed by atoms with Gasteiger partial charge in [0.05, 0.1) is 7.11 Å². The molecule has 0 saturated heterocycles. The lowest BCUT2D eigenvalue weighted by Gasteiger charge is -2.22. The van der Waals surface area contributed by atoms with Gasteiger partial charge in [-0.05, 0) is 24.5 Å². The van der Waals surface area contributed by atoms with Gasteiger partial charge in [0.25, 0.3) is 0 Å². The third kappa shape index (κ3) is 5.50. The fraction of sp³-hybridized carbons (Fsp3) is 0.478. The molecule has 0 bridgehead atoms. The maximum atomic E-state index is 6.16. The molecule has 1 aliphatic rings. The van der Waals surface area contributed by atoms with E-state index in [2.05, 4.69) is 23.5 Å². The van der Waals surface area contributed by atoms with Gasteiger partial charge in [-0.2, -0.15) is 0 Å². The van der Waals surface area contributed by atoms with E-state index in [-0.39, 0.29) is 0 Å². The van der Waals surface area contributed by atoms with Crippen LogP contribution in [0.5, 0.6) is 11.5 Å². The number of methoxy groups -OCH3 is 1. The number of rotatable bonds is 7. The normalized spacial score (nSPS) is 15.9. The van der Waals surface area contributed by atoms with Crippen molar-refractivity contribution in [2.24, 2.45) is 0 Å². The predicted molar refractivity (Wildman–Crippen MR) is 107 cm³/mol. The fourth-order valence-corrected chi connectivity index (χ4v) is 3.67. The quantitative estimate of drug-likeness (QED) is 0.715. The van der Waals surface area contributed by atoms with Crippen molar-refractivity contribution >= 4 is 0 Å². The molecule has 2 aromatic carbocycles. The van der Waals surface area contributed by atoms with Crippen LogP contribution in [0.4, 0.5) is 0 Å². The van der Waals surface area contributed by atoms with E-state index in [1.165, 1.54) is 50.5 Å². The zero-order valence-electron chi connectivity index (χ0n) is 15.9. The largest absolute Gasteiger partial charge is 0.493 e. The van der Waals surface area contributed by atoms with Gasteiger partial charge in [-0.1, -0.05) is 74.6 Å². The molecule has 3 nitrogen and oxygen atoms in total. The monoisotopic (exact) mass is 353 g/mol. The molecule has 1 saturated carbocycles. The molecule has 1 fully saturated rings. The Labute approximate surface area is 157 Å². The molecule has 0 unspecified atom stereocenters. The van der Waals surface area contributed by atoms with Gasteiger partial charge in [0.2, 0.25) is 0 Å². The average Bonchev–Trinajstić information content (AvgIpc) is 2.66. The van der Waals surface area contributed by atoms with Gasteiger partial charge < -0.3 is 14.8 Å². The van der Waals surface area contributed by atoms with Crippen molar-refractivity contribution in [2.45, 2.75) is 64.1 Å². The fourth-order valence-electron chi connectivity index (χ4n) is 3.67. The number of ether oxygens (including phenoxy) is 2. The Hall–Kier alpha value is -2.00. The molecular formula is C23H31NO2. The van der Waals surface area contributed by atoms with Crippen LogP contribution in [0, 0.1) is 0 Å². The second-order valence-electron chi connectivity index (χ2n) is 7.15. The molecule has 0 aromatic heterocycles. The summed E-state index contributed by atoms with van der Waals surface area (Å²) in [6, 6.07) is 17.0. The smallest absolute Gasteiger partial charge is 0.166 e. The SMILES string of the molecule is COc1cccc(CNC2CCCCCCC2)c1OCc1ccccc1. The van der Waals surface area contributed by atoms with Crippen molar-refractivity contribution in [3.63, 3.8) is 0 Å². The standard InChI is InChI=1S/C23H31NO2/c1-25-22-16-10-13-20(17-24-21-14-8-3-2-4-9-15-21)23(22)26-18-19-11-6-5-7-12-19/h5-7,10-13,16,21,24H,2-4,8-9,14-15,17-18H2,1H3. The number of benzene rings is 2. The highest BCUT2D eigenvalue weighted by atomic mass is 16.5. The first-order valence-corrected chi connectivity index (χ1v) is 9.93. The van der Waals surface area contributed by atoms with Gasteiger partial charge in [0, 0.05) is 18.2 Å². The summed E-state index contributed by atoms with van der Waals surface area (Å²) in [5, 5.41) is 3.76. The van der Waals surface area contributed by atoms with Gasteiger partial charge >= 0.3 is 0 Å². The molecule has 0 amide bonds. The molecule has 0 aliphatic heterocycles. The molecule has 3 rings (SSSR count). The zero-order chi connectivity index (χ0) is 18.0. The van der Waals surface area contributed by atoms with Crippen molar-refractivity contribution in [1.82, 2.24) is 5.32 Å². The summed E-state index contributed by atoms with van der Waals surface area (Å²) in [6.07, 6.45) is 9.40. The van der Waals surface area contributed by atoms with E-state index >= 15 is 0 Å². The van der Waals surface area contributed by atoms with E-state index in [0.717, 1.165) is 23.6 Å². The van der Waals surface area contributed by atoms with Gasteiger partial charge in [-0.15, -0.1) is 0 Å². The molecule has 3 heteroatoms. The highest BCUT2D eigenvalue weighted by Crippen LogP contribution is 2.32. The highest BCUT2D eigenvalue weighted by Gasteiger charge is 2.14. The third-order valence-electron chi connectivity index (χ3n) is 5.19. The Balaban J connectivity index is 1.65. The second kappa shape index (κ2) is 10.2. The lowest BCUT2D eigenvalue weighted by molar-refractivity contribution is 0.279. The van der Waals surface area contributed by atoms with Crippen molar-refractivity contribution in [1.29, 1.82) is 0 Å². The molecule has 1 aliphatic carbocycles. The number of hydrogen-bond donors (Lipinski definition) is 1. The predicted octanol–water partition coefficient (Wildman–Crippen LogP) is 5.48.